The summed E-state index contributed by atoms with van der Waals surface area (Å²) in [6.45, 7) is 9.87. The van der Waals surface area contributed by atoms with E-state index >= 15 is 0 Å². The topological polar surface area (TPSA) is 21.3 Å². The van der Waals surface area contributed by atoms with Gasteiger partial charge in [-0.25, -0.2) is 0 Å². The molecule has 1 aromatic carbocycles. The smallest absolute Gasteiger partial charge is 0.0600 e. The van der Waals surface area contributed by atoms with Crippen LogP contribution in [0.25, 0.3) is 0 Å². The van der Waals surface area contributed by atoms with Crippen molar-refractivity contribution in [1.29, 1.82) is 0 Å². The zero-order valence-electron chi connectivity index (χ0n) is 11.9. The highest BCUT2D eigenvalue weighted by molar-refractivity contribution is 5.21. The molecule has 1 saturated heterocycles. The van der Waals surface area contributed by atoms with Crippen LogP contribution in [0.4, 0.5) is 0 Å². The Balaban J connectivity index is 2.25. The normalized spacial score (nSPS) is 33.6. The van der Waals surface area contributed by atoms with Crippen molar-refractivity contribution in [1.82, 2.24) is 5.32 Å². The summed E-state index contributed by atoms with van der Waals surface area (Å²) in [7, 11) is 0. The third kappa shape index (κ3) is 2.60. The number of benzene rings is 1. The summed E-state index contributed by atoms with van der Waals surface area (Å²) in [5.41, 5.74) is 1.38. The summed E-state index contributed by atoms with van der Waals surface area (Å²) >= 11 is 0. The third-order valence-corrected chi connectivity index (χ3v) is 4.29. The van der Waals surface area contributed by atoms with Gasteiger partial charge in [0.2, 0.25) is 0 Å². The first-order chi connectivity index (χ1) is 8.65. The van der Waals surface area contributed by atoms with Gasteiger partial charge in [-0.05, 0) is 31.9 Å². The van der Waals surface area contributed by atoms with E-state index in [2.05, 4.69) is 63.3 Å². The summed E-state index contributed by atoms with van der Waals surface area (Å²) in [6.07, 6.45) is 0.675. The molecule has 18 heavy (non-hydrogen) atoms. The fourth-order valence-electron chi connectivity index (χ4n) is 3.22. The Labute approximate surface area is 111 Å². The minimum Gasteiger partial charge on any atom is -0.375 e. The predicted molar refractivity (Wildman–Crippen MR) is 75.5 cm³/mol. The first-order valence-electron chi connectivity index (χ1n) is 7.09. The first kappa shape index (κ1) is 13.6. The molecule has 2 nitrogen and oxygen atoms in total. The van der Waals surface area contributed by atoms with Gasteiger partial charge in [0.15, 0.2) is 0 Å². The zero-order valence-corrected chi connectivity index (χ0v) is 11.9. The van der Waals surface area contributed by atoms with E-state index in [1.54, 1.807) is 0 Å². The molecule has 1 aliphatic heterocycles. The molecule has 1 heterocycles. The molecule has 0 spiro atoms. The lowest BCUT2D eigenvalue weighted by Gasteiger charge is -2.30. The first-order valence-corrected chi connectivity index (χ1v) is 7.09. The van der Waals surface area contributed by atoms with Crippen LogP contribution in [-0.4, -0.2) is 18.8 Å². The fourth-order valence-corrected chi connectivity index (χ4v) is 3.22. The largest absolute Gasteiger partial charge is 0.375 e. The van der Waals surface area contributed by atoms with Crippen LogP contribution in [0.3, 0.4) is 0 Å². The average molecular weight is 247 g/mol. The molecule has 2 heteroatoms. The Morgan fingerprint density at radius 3 is 2.28 bits per heavy atom. The summed E-state index contributed by atoms with van der Waals surface area (Å²) in [5, 5.41) is 3.64. The summed E-state index contributed by atoms with van der Waals surface area (Å²) in [6, 6.07) is 11.1. The van der Waals surface area contributed by atoms with Gasteiger partial charge in [-0.3, -0.25) is 0 Å². The SMILES string of the molecule is CCNC(c1ccccc1)C1C(C)OC(C)C1C. The summed E-state index contributed by atoms with van der Waals surface area (Å²) in [4.78, 5) is 0. The zero-order chi connectivity index (χ0) is 13.1. The summed E-state index contributed by atoms with van der Waals surface area (Å²) < 4.78 is 5.99. The lowest BCUT2D eigenvalue weighted by atomic mass is 9.80. The predicted octanol–water partition coefficient (Wildman–Crippen LogP) is 3.40. The van der Waals surface area contributed by atoms with E-state index in [-0.39, 0.29) is 0 Å². The van der Waals surface area contributed by atoms with Gasteiger partial charge in [0.05, 0.1) is 12.2 Å². The van der Waals surface area contributed by atoms with Gasteiger partial charge in [-0.2, -0.15) is 0 Å². The van der Waals surface area contributed by atoms with Crippen molar-refractivity contribution in [2.75, 3.05) is 6.54 Å². The van der Waals surface area contributed by atoms with Crippen molar-refractivity contribution in [3.63, 3.8) is 0 Å². The molecule has 1 aliphatic rings. The highest BCUT2D eigenvalue weighted by Crippen LogP contribution is 2.40. The van der Waals surface area contributed by atoms with Gasteiger partial charge >= 0.3 is 0 Å². The molecule has 0 aromatic heterocycles. The monoisotopic (exact) mass is 247 g/mol. The number of hydrogen-bond acceptors (Lipinski definition) is 2. The van der Waals surface area contributed by atoms with Gasteiger partial charge in [-0.1, -0.05) is 44.2 Å². The van der Waals surface area contributed by atoms with E-state index < -0.39 is 0 Å². The lowest BCUT2D eigenvalue weighted by molar-refractivity contribution is 0.0476. The standard InChI is InChI=1S/C16H25NO/c1-5-17-16(14-9-7-6-8-10-14)15-11(2)12(3)18-13(15)4/h6-13,15-17H,5H2,1-4H3. The highest BCUT2D eigenvalue weighted by atomic mass is 16.5. The van der Waals surface area contributed by atoms with Gasteiger partial charge in [0, 0.05) is 12.0 Å². The Bertz CT molecular complexity index is 365. The molecule has 0 bridgehead atoms. The second-order valence-electron chi connectivity index (χ2n) is 5.43. The van der Waals surface area contributed by atoms with E-state index in [0.717, 1.165) is 6.54 Å². The summed E-state index contributed by atoms with van der Waals surface area (Å²) in [5.74, 6) is 1.13. The maximum atomic E-state index is 5.99. The average Bonchev–Trinajstić information content (AvgIpc) is 2.62. The molecule has 1 N–H and O–H groups in total. The molecule has 5 atom stereocenters. The molecule has 0 radical (unpaired) electrons. The van der Waals surface area contributed by atoms with Crippen LogP contribution in [0.1, 0.15) is 39.3 Å². The lowest BCUT2D eigenvalue weighted by Crippen LogP contribution is -2.34. The number of ether oxygens (including phenoxy) is 1. The van der Waals surface area contributed by atoms with Gasteiger partial charge in [0.25, 0.3) is 0 Å². The van der Waals surface area contributed by atoms with Crippen LogP contribution in [0.15, 0.2) is 30.3 Å². The minimum atomic E-state index is 0.319. The Morgan fingerprint density at radius 1 is 1.11 bits per heavy atom. The van der Waals surface area contributed by atoms with Crippen molar-refractivity contribution in [2.24, 2.45) is 11.8 Å². The van der Waals surface area contributed by atoms with Crippen LogP contribution in [0.2, 0.25) is 0 Å². The fraction of sp³-hybridized carbons (Fsp3) is 0.625. The number of rotatable bonds is 4. The maximum Gasteiger partial charge on any atom is 0.0600 e. The molecular formula is C16H25NO. The van der Waals surface area contributed by atoms with Gasteiger partial charge in [-0.15, -0.1) is 0 Å². The van der Waals surface area contributed by atoms with Crippen LogP contribution >= 0.6 is 0 Å². The van der Waals surface area contributed by atoms with Crippen molar-refractivity contribution in [3.05, 3.63) is 35.9 Å². The van der Waals surface area contributed by atoms with Crippen molar-refractivity contribution in [2.45, 2.75) is 45.9 Å². The third-order valence-electron chi connectivity index (χ3n) is 4.29. The van der Waals surface area contributed by atoms with E-state index in [9.17, 15) is 0 Å². The molecule has 0 aliphatic carbocycles. The Kier molecular flexibility index (Phi) is 4.41. The van der Waals surface area contributed by atoms with Crippen LogP contribution in [-0.2, 0) is 4.74 Å². The molecule has 5 unspecified atom stereocenters. The Morgan fingerprint density at radius 2 is 1.78 bits per heavy atom. The number of hydrogen-bond donors (Lipinski definition) is 1. The molecule has 0 saturated carbocycles. The highest BCUT2D eigenvalue weighted by Gasteiger charge is 2.41. The number of nitrogens with one attached hydrogen (secondary N) is 1. The second-order valence-corrected chi connectivity index (χ2v) is 5.43. The van der Waals surface area contributed by atoms with E-state index in [0.29, 0.717) is 30.1 Å². The minimum absolute atomic E-state index is 0.319. The van der Waals surface area contributed by atoms with Crippen LogP contribution in [0, 0.1) is 11.8 Å². The van der Waals surface area contributed by atoms with Crippen molar-refractivity contribution >= 4 is 0 Å². The molecule has 0 amide bonds. The van der Waals surface area contributed by atoms with Gasteiger partial charge < -0.3 is 10.1 Å². The molecule has 1 fully saturated rings. The molecule has 2 rings (SSSR count). The van der Waals surface area contributed by atoms with Gasteiger partial charge in [0.1, 0.15) is 0 Å². The van der Waals surface area contributed by atoms with E-state index in [1.165, 1.54) is 5.56 Å². The molecule has 1 aromatic rings. The second kappa shape index (κ2) is 5.85. The Hall–Kier alpha value is -0.860. The van der Waals surface area contributed by atoms with E-state index in [4.69, 9.17) is 4.74 Å². The van der Waals surface area contributed by atoms with Crippen molar-refractivity contribution < 1.29 is 4.74 Å². The maximum absolute atomic E-state index is 5.99. The van der Waals surface area contributed by atoms with Crippen molar-refractivity contribution in [3.8, 4) is 0 Å². The van der Waals surface area contributed by atoms with Crippen LogP contribution < -0.4 is 5.32 Å². The van der Waals surface area contributed by atoms with E-state index in [1.807, 2.05) is 0 Å². The quantitative estimate of drug-likeness (QED) is 0.880. The van der Waals surface area contributed by atoms with Crippen LogP contribution in [0.5, 0.6) is 0 Å². The molecular weight excluding hydrogens is 222 g/mol. The molecule has 100 valence electrons.